The average molecular weight is 493 g/mol. The summed E-state index contributed by atoms with van der Waals surface area (Å²) in [5.41, 5.74) is 1.82. The topological polar surface area (TPSA) is 108 Å². The summed E-state index contributed by atoms with van der Waals surface area (Å²) in [7, 11) is -3.67. The molecule has 0 spiro atoms. The van der Waals surface area contributed by atoms with E-state index in [1.807, 2.05) is 0 Å². The second-order valence-corrected chi connectivity index (χ2v) is 11.0. The number of morpholine rings is 1. The lowest BCUT2D eigenvalue weighted by Gasteiger charge is -2.30. The Hall–Kier alpha value is -2.47. The number of ether oxygens (including phenoxy) is 1. The normalized spacial score (nSPS) is 16.8. The summed E-state index contributed by atoms with van der Waals surface area (Å²) in [6.45, 7) is 4.82. The van der Waals surface area contributed by atoms with Gasteiger partial charge in [-0.2, -0.15) is 0 Å². The van der Waals surface area contributed by atoms with Crippen molar-refractivity contribution in [3.05, 3.63) is 41.3 Å². The van der Waals surface area contributed by atoms with Gasteiger partial charge in [0, 0.05) is 31.9 Å². The van der Waals surface area contributed by atoms with Gasteiger partial charge in [0.1, 0.15) is 4.21 Å². The minimum absolute atomic E-state index is 0.279. The van der Waals surface area contributed by atoms with E-state index in [4.69, 9.17) is 4.74 Å². The lowest BCUT2D eigenvalue weighted by Crippen LogP contribution is -2.40. The quantitative estimate of drug-likeness (QED) is 0.450. The third kappa shape index (κ3) is 5.72. The minimum Gasteiger partial charge on any atom is -0.379 e. The zero-order valence-electron chi connectivity index (χ0n) is 18.3. The van der Waals surface area contributed by atoms with Crippen LogP contribution in [0.1, 0.15) is 18.4 Å². The van der Waals surface area contributed by atoms with Crippen molar-refractivity contribution in [3.63, 3.8) is 0 Å². The fourth-order valence-electron chi connectivity index (χ4n) is 3.98. The number of hydrogen-bond acceptors (Lipinski definition) is 7. The molecule has 2 aliphatic heterocycles. The van der Waals surface area contributed by atoms with Crippen LogP contribution in [0.2, 0.25) is 0 Å². The number of carbonyl (C=O) groups is 2. The monoisotopic (exact) mass is 492 g/mol. The number of carbonyl (C=O) groups excluding carboxylic acids is 2. The van der Waals surface area contributed by atoms with Crippen LogP contribution in [0.4, 0.5) is 11.4 Å². The van der Waals surface area contributed by atoms with Crippen LogP contribution in [0.25, 0.3) is 0 Å². The van der Waals surface area contributed by atoms with E-state index in [0.29, 0.717) is 24.5 Å². The van der Waals surface area contributed by atoms with E-state index < -0.39 is 21.8 Å². The van der Waals surface area contributed by atoms with Crippen molar-refractivity contribution in [1.82, 2.24) is 10.2 Å². The summed E-state index contributed by atoms with van der Waals surface area (Å²) in [4.78, 5) is 26.8. The first kappa shape index (κ1) is 23.7. The maximum atomic E-state index is 13.1. The molecule has 1 aromatic heterocycles. The Bertz CT molecular complexity index is 1080. The molecular formula is C22H28N4O5S2. The number of anilines is 2. The third-order valence-corrected chi connectivity index (χ3v) is 8.89. The molecule has 0 unspecified atom stereocenters. The number of rotatable bonds is 7. The fourth-order valence-corrected chi connectivity index (χ4v) is 6.62. The molecule has 2 N–H and O–H groups in total. The minimum atomic E-state index is -3.67. The van der Waals surface area contributed by atoms with E-state index in [2.05, 4.69) is 15.5 Å². The maximum absolute atomic E-state index is 13.1. The second-order valence-electron chi connectivity index (χ2n) is 7.97. The Morgan fingerprint density at radius 3 is 2.67 bits per heavy atom. The molecule has 0 atom stereocenters. The molecule has 1 fully saturated rings. The van der Waals surface area contributed by atoms with Crippen LogP contribution < -0.4 is 14.9 Å². The van der Waals surface area contributed by atoms with Crippen molar-refractivity contribution < 1.29 is 22.7 Å². The Morgan fingerprint density at radius 1 is 1.09 bits per heavy atom. The van der Waals surface area contributed by atoms with Gasteiger partial charge in [0.05, 0.1) is 18.9 Å². The molecule has 178 valence electrons. The number of hydrogen-bond donors (Lipinski definition) is 2. The number of benzene rings is 1. The average Bonchev–Trinajstić information content (AvgIpc) is 3.38. The highest BCUT2D eigenvalue weighted by atomic mass is 32.2. The highest BCUT2D eigenvalue weighted by molar-refractivity contribution is 7.94. The van der Waals surface area contributed by atoms with Gasteiger partial charge in [-0.3, -0.25) is 18.8 Å². The van der Waals surface area contributed by atoms with Gasteiger partial charge >= 0.3 is 11.8 Å². The van der Waals surface area contributed by atoms with Crippen LogP contribution in [0.3, 0.4) is 0 Å². The Kier molecular flexibility index (Phi) is 7.63. The molecule has 0 saturated carbocycles. The fraction of sp³-hybridized carbons (Fsp3) is 0.455. The number of amides is 2. The molecule has 11 heteroatoms. The largest absolute Gasteiger partial charge is 0.379 e. The number of fused-ring (bicyclic) bond motifs is 1. The van der Waals surface area contributed by atoms with Crippen molar-refractivity contribution in [2.24, 2.45) is 0 Å². The van der Waals surface area contributed by atoms with Crippen molar-refractivity contribution in [2.45, 2.75) is 23.5 Å². The number of nitrogens with one attached hydrogen (secondary N) is 2. The van der Waals surface area contributed by atoms with Gasteiger partial charge in [-0.05, 0) is 54.9 Å². The highest BCUT2D eigenvalue weighted by Gasteiger charge is 2.30. The van der Waals surface area contributed by atoms with E-state index >= 15 is 0 Å². The first-order valence-electron chi connectivity index (χ1n) is 11.0. The summed E-state index contributed by atoms with van der Waals surface area (Å²) in [6, 6.07) is 8.43. The first-order chi connectivity index (χ1) is 15.9. The molecule has 0 radical (unpaired) electrons. The van der Waals surface area contributed by atoms with Gasteiger partial charge in [0.25, 0.3) is 10.0 Å². The predicted molar refractivity (Wildman–Crippen MR) is 127 cm³/mol. The maximum Gasteiger partial charge on any atom is 0.313 e. The molecule has 1 saturated heterocycles. The van der Waals surface area contributed by atoms with Crippen molar-refractivity contribution in [1.29, 1.82) is 0 Å². The zero-order valence-corrected chi connectivity index (χ0v) is 19.9. The summed E-state index contributed by atoms with van der Waals surface area (Å²) in [5, 5.41) is 6.96. The van der Waals surface area contributed by atoms with Gasteiger partial charge in [0.15, 0.2) is 0 Å². The zero-order chi connectivity index (χ0) is 23.3. The van der Waals surface area contributed by atoms with Crippen LogP contribution in [0, 0.1) is 0 Å². The molecule has 1 aromatic carbocycles. The van der Waals surface area contributed by atoms with Gasteiger partial charge < -0.3 is 15.4 Å². The van der Waals surface area contributed by atoms with Crippen LogP contribution in [0.15, 0.2) is 39.9 Å². The number of nitrogens with zero attached hydrogens (tertiary/aromatic N) is 2. The van der Waals surface area contributed by atoms with Crippen LogP contribution in [0.5, 0.6) is 0 Å². The van der Waals surface area contributed by atoms with E-state index in [9.17, 15) is 18.0 Å². The van der Waals surface area contributed by atoms with E-state index in [-0.39, 0.29) is 4.21 Å². The second kappa shape index (κ2) is 10.6. The molecule has 33 heavy (non-hydrogen) atoms. The van der Waals surface area contributed by atoms with Gasteiger partial charge in [-0.25, -0.2) is 8.42 Å². The number of thiophene rings is 1. The molecule has 2 aromatic rings. The van der Waals surface area contributed by atoms with Gasteiger partial charge in [-0.1, -0.05) is 12.1 Å². The lowest BCUT2D eigenvalue weighted by molar-refractivity contribution is -0.136. The standard InChI is InChI=1S/C22H28N4O5S2/c27-21(23-8-3-9-25-11-13-31-14-12-25)22(28)24-18-7-6-17-4-1-10-26(19(17)16-18)33(29,30)20-5-2-15-32-20/h2,5-7,15-16H,1,3-4,8-14H2,(H,23,27)(H,24,28). The molecule has 2 aliphatic rings. The summed E-state index contributed by atoms with van der Waals surface area (Å²) >= 11 is 1.17. The molecule has 0 aliphatic carbocycles. The van der Waals surface area contributed by atoms with Crippen molar-refractivity contribution >= 4 is 44.5 Å². The van der Waals surface area contributed by atoms with Crippen LogP contribution in [-0.4, -0.2) is 71.1 Å². The number of sulfonamides is 1. The van der Waals surface area contributed by atoms with E-state index in [1.54, 1.807) is 35.7 Å². The lowest BCUT2D eigenvalue weighted by atomic mass is 10.0. The predicted octanol–water partition coefficient (Wildman–Crippen LogP) is 1.67. The van der Waals surface area contributed by atoms with Crippen LogP contribution in [-0.2, 0) is 30.8 Å². The number of aryl methyl sites for hydroxylation is 1. The SMILES string of the molecule is O=C(NCCCN1CCOCC1)C(=O)Nc1ccc2c(c1)N(S(=O)(=O)c1cccs1)CCC2. The summed E-state index contributed by atoms with van der Waals surface area (Å²) in [5.74, 6) is -1.48. The van der Waals surface area contributed by atoms with E-state index in [0.717, 1.165) is 57.7 Å². The summed E-state index contributed by atoms with van der Waals surface area (Å²) < 4.78 is 33.2. The van der Waals surface area contributed by atoms with Crippen molar-refractivity contribution in [2.75, 3.05) is 55.6 Å². The molecule has 2 amide bonds. The Labute approximate surface area is 197 Å². The van der Waals surface area contributed by atoms with Gasteiger partial charge in [-0.15, -0.1) is 11.3 Å². The Balaban J connectivity index is 1.36. The van der Waals surface area contributed by atoms with E-state index in [1.165, 1.54) is 15.6 Å². The molecular weight excluding hydrogens is 464 g/mol. The highest BCUT2D eigenvalue weighted by Crippen LogP contribution is 2.35. The third-order valence-electron chi connectivity index (χ3n) is 5.71. The molecule has 0 bridgehead atoms. The molecule has 4 rings (SSSR count). The first-order valence-corrected chi connectivity index (χ1v) is 13.4. The molecule has 3 heterocycles. The van der Waals surface area contributed by atoms with Crippen molar-refractivity contribution in [3.8, 4) is 0 Å². The summed E-state index contributed by atoms with van der Waals surface area (Å²) in [6.07, 6.45) is 2.22. The molecule has 9 nitrogen and oxygen atoms in total. The smallest absolute Gasteiger partial charge is 0.313 e. The van der Waals surface area contributed by atoms with Gasteiger partial charge in [0.2, 0.25) is 0 Å². The Morgan fingerprint density at radius 2 is 1.91 bits per heavy atom. The van der Waals surface area contributed by atoms with Crippen LogP contribution >= 0.6 is 11.3 Å².